The van der Waals surface area contributed by atoms with Gasteiger partial charge in [0.05, 0.1) is 18.0 Å². The molecule has 3 aromatic rings. The fraction of sp³-hybridized carbons (Fsp3) is 0.370. The maximum Gasteiger partial charge on any atom is 0.264 e. The molecule has 5 rings (SSSR count). The lowest BCUT2D eigenvalue weighted by molar-refractivity contribution is -0.130. The molecule has 1 saturated heterocycles. The third-order valence-corrected chi connectivity index (χ3v) is 8.60. The van der Waals surface area contributed by atoms with Crippen LogP contribution in [0.1, 0.15) is 26.2 Å². The van der Waals surface area contributed by atoms with Gasteiger partial charge in [-0.1, -0.05) is 31.5 Å². The number of aromatic nitrogens is 1. The zero-order valence-corrected chi connectivity index (χ0v) is 22.0. The number of amides is 2. The van der Waals surface area contributed by atoms with Crippen molar-refractivity contribution in [2.24, 2.45) is 5.92 Å². The highest BCUT2D eigenvalue weighted by atomic mass is 32.2. The first-order valence-corrected chi connectivity index (χ1v) is 14.0. The zero-order valence-electron chi connectivity index (χ0n) is 21.1. The molecule has 1 saturated carbocycles. The largest absolute Gasteiger partial charge is 0.497 e. The van der Waals surface area contributed by atoms with Crippen molar-refractivity contribution < 1.29 is 27.5 Å². The second-order valence-corrected chi connectivity index (χ2v) is 11.3. The molecule has 38 heavy (non-hydrogen) atoms. The summed E-state index contributed by atoms with van der Waals surface area (Å²) in [5.74, 6) is -0.0393. The molecule has 1 aliphatic heterocycles. The average molecular weight is 539 g/mol. The number of benzene rings is 2. The number of nitrogens with zero attached hydrogens (tertiary/aromatic N) is 1. The van der Waals surface area contributed by atoms with Crippen molar-refractivity contribution in [3.05, 3.63) is 60.8 Å². The molecule has 2 aliphatic rings. The highest BCUT2D eigenvalue weighted by Crippen LogP contribution is 2.46. The summed E-state index contributed by atoms with van der Waals surface area (Å²) in [6.45, 7) is 2.33. The Morgan fingerprint density at radius 3 is 2.66 bits per heavy atom. The van der Waals surface area contributed by atoms with E-state index in [2.05, 4.69) is 20.3 Å². The smallest absolute Gasteiger partial charge is 0.264 e. The summed E-state index contributed by atoms with van der Waals surface area (Å²) >= 11 is 0. The summed E-state index contributed by atoms with van der Waals surface area (Å²) in [4.78, 5) is 30.7. The number of nitrogens with one attached hydrogen (secondary N) is 3. The van der Waals surface area contributed by atoms with Crippen molar-refractivity contribution in [2.75, 3.05) is 13.7 Å². The summed E-state index contributed by atoms with van der Waals surface area (Å²) in [6, 6.07) is 14.6. The topological polar surface area (TPSA) is 136 Å². The van der Waals surface area contributed by atoms with Crippen LogP contribution in [0.2, 0.25) is 0 Å². The highest BCUT2D eigenvalue weighted by Gasteiger charge is 2.61. The second-order valence-electron chi connectivity index (χ2n) is 9.66. The van der Waals surface area contributed by atoms with E-state index < -0.39 is 27.5 Å². The molecule has 200 valence electrons. The Labute approximate surface area is 221 Å². The number of fused-ring (bicyclic) bond motifs is 1. The second kappa shape index (κ2) is 10.2. The zero-order chi connectivity index (χ0) is 26.9. The molecule has 0 spiro atoms. The molecular formula is C27H30N4O6S. The van der Waals surface area contributed by atoms with E-state index in [-0.39, 0.29) is 22.8 Å². The van der Waals surface area contributed by atoms with Gasteiger partial charge in [-0.15, -0.1) is 0 Å². The SMILES string of the molecule is CC[C@@H]1C[C@]1(NC(=O)[C@@H]1C[C@@H](Oc2nccc3cc(OC)ccc23)CN1)C(=O)NS(=O)(=O)c1ccccc1. The molecule has 3 N–H and O–H groups in total. The van der Waals surface area contributed by atoms with Crippen LogP contribution in [0.15, 0.2) is 65.7 Å². The van der Waals surface area contributed by atoms with E-state index in [1.54, 1.807) is 31.5 Å². The van der Waals surface area contributed by atoms with E-state index in [1.807, 2.05) is 31.2 Å². The van der Waals surface area contributed by atoms with Crippen LogP contribution in [-0.4, -0.2) is 56.6 Å². The van der Waals surface area contributed by atoms with Crippen molar-refractivity contribution in [2.45, 2.75) is 48.8 Å². The minimum atomic E-state index is -4.06. The minimum Gasteiger partial charge on any atom is -0.497 e. The lowest BCUT2D eigenvalue weighted by Gasteiger charge is -2.21. The molecule has 2 aromatic carbocycles. The number of hydrogen-bond donors (Lipinski definition) is 3. The number of methoxy groups -OCH3 is 1. The molecule has 0 unspecified atom stereocenters. The van der Waals surface area contributed by atoms with Gasteiger partial charge in [-0.25, -0.2) is 18.1 Å². The molecule has 11 heteroatoms. The molecule has 2 fully saturated rings. The normalized spacial score (nSPS) is 24.5. The maximum absolute atomic E-state index is 13.2. The van der Waals surface area contributed by atoms with Crippen LogP contribution in [0.5, 0.6) is 11.6 Å². The third kappa shape index (κ3) is 5.03. The number of ether oxygens (including phenoxy) is 2. The minimum absolute atomic E-state index is 0.0125. The van der Waals surface area contributed by atoms with Gasteiger partial charge >= 0.3 is 0 Å². The standard InChI is InChI=1S/C27H30N4O6S/c1-3-18-15-27(18,26(33)31-38(34,35)21-7-5-4-6-8-21)30-24(32)23-14-20(16-29-23)37-25-22-10-9-19(36-2)13-17(22)11-12-28-25/h4-13,18,20,23,29H,3,14-16H2,1-2H3,(H,30,32)(H,31,33)/t18-,20-,23+,27-/m1/s1. The van der Waals surface area contributed by atoms with Crippen LogP contribution >= 0.6 is 0 Å². The van der Waals surface area contributed by atoms with Gasteiger partial charge < -0.3 is 20.1 Å². The van der Waals surface area contributed by atoms with Crippen LogP contribution in [0.4, 0.5) is 0 Å². The first-order chi connectivity index (χ1) is 18.3. The summed E-state index contributed by atoms with van der Waals surface area (Å²) in [5, 5.41) is 7.76. The number of carbonyl (C=O) groups is 2. The first kappa shape index (κ1) is 25.9. The Bertz CT molecular complexity index is 1460. The van der Waals surface area contributed by atoms with Crippen LogP contribution in [0.25, 0.3) is 10.8 Å². The van der Waals surface area contributed by atoms with Gasteiger partial charge in [-0.2, -0.15) is 0 Å². The van der Waals surface area contributed by atoms with Gasteiger partial charge in [0, 0.05) is 24.5 Å². The van der Waals surface area contributed by atoms with Crippen LogP contribution < -0.4 is 24.8 Å². The van der Waals surface area contributed by atoms with Crippen molar-refractivity contribution in [3.8, 4) is 11.6 Å². The molecule has 2 amide bonds. The van der Waals surface area contributed by atoms with E-state index in [0.717, 1.165) is 16.5 Å². The summed E-state index contributed by atoms with van der Waals surface area (Å²) in [7, 11) is -2.45. The van der Waals surface area contributed by atoms with Gasteiger partial charge in [0.1, 0.15) is 17.4 Å². The fourth-order valence-electron chi connectivity index (χ4n) is 4.99. The van der Waals surface area contributed by atoms with Gasteiger partial charge in [0.2, 0.25) is 11.8 Å². The van der Waals surface area contributed by atoms with Gasteiger partial charge in [0.15, 0.2) is 0 Å². The van der Waals surface area contributed by atoms with Gasteiger partial charge in [-0.05, 0) is 54.1 Å². The van der Waals surface area contributed by atoms with Crippen molar-refractivity contribution >= 4 is 32.6 Å². The van der Waals surface area contributed by atoms with Gasteiger partial charge in [0.25, 0.3) is 15.9 Å². The maximum atomic E-state index is 13.2. The quantitative estimate of drug-likeness (QED) is 0.377. The predicted octanol–water partition coefficient (Wildman–Crippen LogP) is 2.14. The molecule has 10 nitrogen and oxygen atoms in total. The molecule has 1 aliphatic carbocycles. The van der Waals surface area contributed by atoms with E-state index in [0.29, 0.717) is 31.7 Å². The number of rotatable bonds is 9. The monoisotopic (exact) mass is 538 g/mol. The number of hydrogen-bond acceptors (Lipinski definition) is 8. The molecule has 2 heterocycles. The van der Waals surface area contributed by atoms with Crippen molar-refractivity contribution in [3.63, 3.8) is 0 Å². The highest BCUT2D eigenvalue weighted by molar-refractivity contribution is 7.90. The Morgan fingerprint density at radius 1 is 1.16 bits per heavy atom. The van der Waals surface area contributed by atoms with Crippen molar-refractivity contribution in [1.29, 1.82) is 0 Å². The van der Waals surface area contributed by atoms with Crippen LogP contribution in [-0.2, 0) is 19.6 Å². The van der Waals surface area contributed by atoms with Gasteiger partial charge in [-0.3, -0.25) is 9.59 Å². The fourth-order valence-corrected chi connectivity index (χ4v) is 6.05. The van der Waals surface area contributed by atoms with Crippen molar-refractivity contribution in [1.82, 2.24) is 20.3 Å². The Morgan fingerprint density at radius 2 is 1.95 bits per heavy atom. The molecule has 1 aromatic heterocycles. The van der Waals surface area contributed by atoms with E-state index in [4.69, 9.17) is 9.47 Å². The Balaban J connectivity index is 1.24. The van der Waals surface area contributed by atoms with E-state index in [1.165, 1.54) is 12.1 Å². The van der Waals surface area contributed by atoms with E-state index >= 15 is 0 Å². The molecule has 0 bridgehead atoms. The molecular weight excluding hydrogens is 508 g/mol. The van der Waals surface area contributed by atoms with E-state index in [9.17, 15) is 18.0 Å². The Kier molecular flexibility index (Phi) is 6.97. The van der Waals surface area contributed by atoms with Crippen LogP contribution in [0, 0.1) is 5.92 Å². The summed E-state index contributed by atoms with van der Waals surface area (Å²) < 4.78 is 39.0. The number of sulfonamides is 1. The number of pyridine rings is 1. The summed E-state index contributed by atoms with van der Waals surface area (Å²) in [6.07, 6.45) is 2.72. The Hall–Kier alpha value is -3.70. The molecule has 4 atom stereocenters. The lowest BCUT2D eigenvalue weighted by atomic mass is 10.1. The predicted molar refractivity (Wildman–Crippen MR) is 140 cm³/mol. The first-order valence-electron chi connectivity index (χ1n) is 12.5. The summed E-state index contributed by atoms with van der Waals surface area (Å²) in [5.41, 5.74) is -1.26. The molecule has 0 radical (unpaired) electrons. The average Bonchev–Trinajstić information content (AvgIpc) is 3.44. The third-order valence-electron chi connectivity index (χ3n) is 7.25. The number of carbonyl (C=O) groups excluding carboxylic acids is 2. The lowest BCUT2D eigenvalue weighted by Crippen LogP contribution is -2.55. The van der Waals surface area contributed by atoms with Crippen LogP contribution in [0.3, 0.4) is 0 Å².